The van der Waals surface area contributed by atoms with Crippen molar-refractivity contribution in [2.75, 3.05) is 38.2 Å². The number of carbonyl (C=O) groups excluding carboxylic acids is 2. The van der Waals surface area contributed by atoms with Crippen molar-refractivity contribution in [3.63, 3.8) is 0 Å². The average Bonchev–Trinajstić information content (AvgIpc) is 3.02. The fourth-order valence-electron chi connectivity index (χ4n) is 3.87. The minimum absolute atomic E-state index is 0.0513. The highest BCUT2D eigenvalue weighted by Gasteiger charge is 2.26. The van der Waals surface area contributed by atoms with Crippen molar-refractivity contribution in [2.45, 2.75) is 19.3 Å². The highest BCUT2D eigenvalue weighted by Crippen LogP contribution is 2.31. The predicted octanol–water partition coefficient (Wildman–Crippen LogP) is 3.66. The third-order valence-corrected chi connectivity index (χ3v) is 5.43. The molecule has 0 saturated carbocycles. The van der Waals surface area contributed by atoms with Gasteiger partial charge < -0.3 is 25.0 Å². The number of amides is 3. The van der Waals surface area contributed by atoms with Crippen molar-refractivity contribution in [1.29, 1.82) is 0 Å². The minimum atomic E-state index is -0.408. The molecule has 2 aliphatic heterocycles. The molecule has 31 heavy (non-hydrogen) atoms. The van der Waals surface area contributed by atoms with Crippen molar-refractivity contribution >= 4 is 17.6 Å². The molecule has 1 unspecified atom stereocenters. The lowest BCUT2D eigenvalue weighted by molar-refractivity contribution is 0.0674. The van der Waals surface area contributed by atoms with Gasteiger partial charge in [0.05, 0.1) is 13.2 Å². The van der Waals surface area contributed by atoms with Gasteiger partial charge in [-0.1, -0.05) is 6.07 Å². The number of piperidine rings is 1. The summed E-state index contributed by atoms with van der Waals surface area (Å²) >= 11 is 0. The number of likely N-dealkylation sites (tertiary alicyclic amines) is 1. The van der Waals surface area contributed by atoms with Crippen molar-refractivity contribution in [1.82, 2.24) is 10.2 Å². The number of benzene rings is 2. The maximum Gasteiger partial charge on any atom is 0.319 e. The van der Waals surface area contributed by atoms with E-state index in [1.807, 2.05) is 4.90 Å². The van der Waals surface area contributed by atoms with Crippen LogP contribution in [0, 0.1) is 11.7 Å². The first-order valence-corrected chi connectivity index (χ1v) is 10.6. The van der Waals surface area contributed by atoms with Gasteiger partial charge in [-0.05, 0) is 55.2 Å². The van der Waals surface area contributed by atoms with Crippen LogP contribution in [0.1, 0.15) is 29.6 Å². The molecular weight excluding hydrogens is 401 g/mol. The number of rotatable bonds is 4. The number of hydrogen-bond donors (Lipinski definition) is 2. The second-order valence-electron chi connectivity index (χ2n) is 7.82. The number of ether oxygens (including phenoxy) is 2. The van der Waals surface area contributed by atoms with Crippen LogP contribution in [0.15, 0.2) is 42.5 Å². The quantitative estimate of drug-likeness (QED) is 0.781. The van der Waals surface area contributed by atoms with Crippen LogP contribution >= 0.6 is 0 Å². The van der Waals surface area contributed by atoms with Gasteiger partial charge in [0.1, 0.15) is 5.82 Å². The van der Waals surface area contributed by atoms with E-state index in [1.54, 1.807) is 24.3 Å². The average molecular weight is 427 g/mol. The van der Waals surface area contributed by atoms with Gasteiger partial charge in [0, 0.05) is 37.3 Å². The van der Waals surface area contributed by atoms with E-state index >= 15 is 0 Å². The highest BCUT2D eigenvalue weighted by molar-refractivity contribution is 5.95. The van der Waals surface area contributed by atoms with Gasteiger partial charge in [0.2, 0.25) is 0 Å². The van der Waals surface area contributed by atoms with E-state index in [9.17, 15) is 14.0 Å². The second kappa shape index (κ2) is 9.68. The molecule has 1 fully saturated rings. The van der Waals surface area contributed by atoms with Gasteiger partial charge in [-0.25, -0.2) is 9.18 Å². The van der Waals surface area contributed by atoms with Crippen molar-refractivity contribution in [3.8, 4) is 11.5 Å². The summed E-state index contributed by atoms with van der Waals surface area (Å²) in [6.45, 7) is 2.85. The Morgan fingerprint density at radius 1 is 1.06 bits per heavy atom. The molecule has 2 aromatic carbocycles. The van der Waals surface area contributed by atoms with Crippen molar-refractivity contribution in [3.05, 3.63) is 53.8 Å². The number of anilines is 1. The molecule has 0 aromatic heterocycles. The van der Waals surface area contributed by atoms with Crippen molar-refractivity contribution < 1.29 is 23.5 Å². The number of nitrogens with zero attached hydrogens (tertiary/aromatic N) is 1. The van der Waals surface area contributed by atoms with Gasteiger partial charge in [-0.2, -0.15) is 0 Å². The molecule has 1 saturated heterocycles. The summed E-state index contributed by atoms with van der Waals surface area (Å²) in [6, 6.07) is 10.6. The lowest BCUT2D eigenvalue weighted by Gasteiger charge is -2.33. The van der Waals surface area contributed by atoms with Gasteiger partial charge in [-0.3, -0.25) is 4.79 Å². The maximum absolute atomic E-state index is 13.2. The molecule has 2 N–H and O–H groups in total. The molecule has 1 atom stereocenters. The van der Waals surface area contributed by atoms with Gasteiger partial charge in [-0.15, -0.1) is 0 Å². The Balaban J connectivity index is 1.31. The minimum Gasteiger partial charge on any atom is -0.490 e. The van der Waals surface area contributed by atoms with Crippen LogP contribution < -0.4 is 20.1 Å². The Morgan fingerprint density at radius 3 is 2.74 bits per heavy atom. The predicted molar refractivity (Wildman–Crippen MR) is 114 cm³/mol. The molecule has 0 bridgehead atoms. The second-order valence-corrected chi connectivity index (χ2v) is 7.82. The highest BCUT2D eigenvalue weighted by atomic mass is 19.1. The third kappa shape index (κ3) is 5.45. The normalized spacial score (nSPS) is 18.1. The summed E-state index contributed by atoms with van der Waals surface area (Å²) in [6.07, 6.45) is 2.60. The lowest BCUT2D eigenvalue weighted by Crippen LogP contribution is -2.44. The van der Waals surface area contributed by atoms with Crippen molar-refractivity contribution in [2.24, 2.45) is 5.92 Å². The zero-order valence-electron chi connectivity index (χ0n) is 17.2. The molecule has 2 aliphatic rings. The maximum atomic E-state index is 13.2. The van der Waals surface area contributed by atoms with E-state index in [4.69, 9.17) is 9.47 Å². The van der Waals surface area contributed by atoms with E-state index < -0.39 is 11.8 Å². The number of halogens is 1. The van der Waals surface area contributed by atoms with E-state index in [2.05, 4.69) is 10.6 Å². The Kier molecular flexibility index (Phi) is 6.54. The number of urea groups is 1. The van der Waals surface area contributed by atoms with E-state index in [0.29, 0.717) is 55.6 Å². The largest absolute Gasteiger partial charge is 0.490 e. The van der Waals surface area contributed by atoms with Crippen LogP contribution in [0.3, 0.4) is 0 Å². The zero-order chi connectivity index (χ0) is 21.6. The molecular formula is C23H26FN3O4. The fourth-order valence-corrected chi connectivity index (χ4v) is 3.87. The summed E-state index contributed by atoms with van der Waals surface area (Å²) in [7, 11) is 0. The summed E-state index contributed by atoms with van der Waals surface area (Å²) in [5, 5.41) is 5.44. The third-order valence-electron chi connectivity index (χ3n) is 5.43. The molecule has 164 valence electrons. The first-order valence-electron chi connectivity index (χ1n) is 10.6. The lowest BCUT2D eigenvalue weighted by atomic mass is 9.97. The fraction of sp³-hybridized carbons (Fsp3) is 0.391. The topological polar surface area (TPSA) is 79.9 Å². The molecule has 2 aromatic rings. The van der Waals surface area contributed by atoms with Crippen LogP contribution in [-0.2, 0) is 0 Å². The van der Waals surface area contributed by atoms with Crippen LogP contribution in [0.2, 0.25) is 0 Å². The number of carbonyl (C=O) groups is 2. The standard InChI is InChI=1S/C23H26FN3O4/c24-18-5-1-6-19(13-18)26-23(29)25-14-16-4-2-9-27(15-16)22(28)17-7-8-20-21(12-17)31-11-3-10-30-20/h1,5-8,12-13,16H,2-4,9-11,14-15H2,(H2,25,26,29). The molecule has 0 spiro atoms. The number of hydrogen-bond acceptors (Lipinski definition) is 4. The summed E-state index contributed by atoms with van der Waals surface area (Å²) in [5.74, 6) is 0.960. The summed E-state index contributed by atoms with van der Waals surface area (Å²) in [5.41, 5.74) is 0.967. The first-order chi connectivity index (χ1) is 15.1. The smallest absolute Gasteiger partial charge is 0.319 e. The number of fused-ring (bicyclic) bond motifs is 1. The Bertz CT molecular complexity index is 952. The SMILES string of the molecule is O=C(NCC1CCCN(C(=O)c2ccc3c(c2)OCCCO3)C1)Nc1cccc(F)c1. The monoisotopic (exact) mass is 427 g/mol. The van der Waals surface area contributed by atoms with E-state index in [0.717, 1.165) is 19.3 Å². The first kappa shape index (κ1) is 21.0. The Labute approximate surface area is 180 Å². The molecule has 0 radical (unpaired) electrons. The number of nitrogens with one attached hydrogen (secondary N) is 2. The Hall–Kier alpha value is -3.29. The van der Waals surface area contributed by atoms with Crippen LogP contribution in [0.5, 0.6) is 11.5 Å². The van der Waals surface area contributed by atoms with Crippen LogP contribution in [0.25, 0.3) is 0 Å². The van der Waals surface area contributed by atoms with E-state index in [-0.39, 0.29) is 11.8 Å². The molecule has 4 rings (SSSR count). The van der Waals surface area contributed by atoms with Gasteiger partial charge in [0.25, 0.3) is 5.91 Å². The van der Waals surface area contributed by atoms with Gasteiger partial charge in [0.15, 0.2) is 11.5 Å². The van der Waals surface area contributed by atoms with Crippen LogP contribution in [0.4, 0.5) is 14.9 Å². The van der Waals surface area contributed by atoms with Crippen LogP contribution in [-0.4, -0.2) is 49.7 Å². The molecule has 3 amide bonds. The Morgan fingerprint density at radius 2 is 1.90 bits per heavy atom. The zero-order valence-corrected chi connectivity index (χ0v) is 17.2. The molecule has 2 heterocycles. The summed E-state index contributed by atoms with van der Waals surface area (Å²) < 4.78 is 24.6. The molecule has 8 heteroatoms. The molecule has 7 nitrogen and oxygen atoms in total. The van der Waals surface area contributed by atoms with Gasteiger partial charge >= 0.3 is 6.03 Å². The summed E-state index contributed by atoms with van der Waals surface area (Å²) in [4.78, 5) is 27.0. The molecule has 0 aliphatic carbocycles. The van der Waals surface area contributed by atoms with E-state index in [1.165, 1.54) is 18.2 Å².